The van der Waals surface area contributed by atoms with Crippen LogP contribution >= 0.6 is 0 Å². The van der Waals surface area contributed by atoms with Crippen molar-refractivity contribution in [3.63, 3.8) is 0 Å². The molecule has 0 spiro atoms. The van der Waals surface area contributed by atoms with Crippen molar-refractivity contribution in [3.05, 3.63) is 35.8 Å². The summed E-state index contributed by atoms with van der Waals surface area (Å²) in [5, 5.41) is 12.2. The molecule has 0 aliphatic carbocycles. The van der Waals surface area contributed by atoms with Gasteiger partial charge in [0.1, 0.15) is 11.5 Å². The van der Waals surface area contributed by atoms with Gasteiger partial charge < -0.3 is 10.6 Å². The monoisotopic (exact) mass is 300 g/mol. The first-order chi connectivity index (χ1) is 10.6. The van der Waals surface area contributed by atoms with Crippen LogP contribution in [0.2, 0.25) is 0 Å². The van der Waals surface area contributed by atoms with E-state index in [0.29, 0.717) is 17.4 Å². The first-order valence-electron chi connectivity index (χ1n) is 7.49. The topological polar surface area (TPSA) is 89.9 Å². The Labute approximate surface area is 129 Å². The molecule has 7 heteroatoms. The number of anilines is 1. The summed E-state index contributed by atoms with van der Waals surface area (Å²) in [6.45, 7) is 1.53. The molecule has 1 saturated heterocycles. The van der Waals surface area contributed by atoms with Crippen LogP contribution in [0.5, 0.6) is 0 Å². The van der Waals surface area contributed by atoms with E-state index >= 15 is 0 Å². The van der Waals surface area contributed by atoms with Crippen LogP contribution in [0.1, 0.15) is 29.0 Å². The Kier molecular flexibility index (Phi) is 4.04. The van der Waals surface area contributed by atoms with Crippen molar-refractivity contribution in [2.24, 2.45) is 13.0 Å². The van der Waals surface area contributed by atoms with Gasteiger partial charge in [0, 0.05) is 26.3 Å². The molecule has 3 heterocycles. The third-order valence-electron chi connectivity index (χ3n) is 3.98. The molecule has 1 atom stereocenters. The van der Waals surface area contributed by atoms with Crippen molar-refractivity contribution in [1.29, 1.82) is 0 Å². The van der Waals surface area contributed by atoms with Crippen molar-refractivity contribution in [1.82, 2.24) is 24.9 Å². The number of carbonyl (C=O) groups excluding carboxylic acids is 1. The lowest BCUT2D eigenvalue weighted by molar-refractivity contribution is 0.0666. The fraction of sp³-hybridized carbons (Fsp3) is 0.467. The number of nitrogens with zero attached hydrogens (tertiary/aromatic N) is 5. The maximum atomic E-state index is 12.5. The third-order valence-corrected chi connectivity index (χ3v) is 3.98. The molecular weight excluding hydrogens is 280 g/mol. The maximum absolute atomic E-state index is 12.5. The Hall–Kier alpha value is -2.44. The number of piperidine rings is 1. The number of likely N-dealkylation sites (tertiary alicyclic amines) is 1. The van der Waals surface area contributed by atoms with Crippen molar-refractivity contribution < 1.29 is 4.79 Å². The summed E-state index contributed by atoms with van der Waals surface area (Å²) >= 11 is 0. The highest BCUT2D eigenvalue weighted by Gasteiger charge is 2.26. The molecule has 1 fully saturated rings. The van der Waals surface area contributed by atoms with Crippen LogP contribution in [-0.4, -0.2) is 43.9 Å². The van der Waals surface area contributed by atoms with Crippen LogP contribution in [0.3, 0.4) is 0 Å². The summed E-state index contributed by atoms with van der Waals surface area (Å²) in [5.41, 5.74) is 6.98. The lowest BCUT2D eigenvalue weighted by atomic mass is 9.93. The van der Waals surface area contributed by atoms with E-state index in [2.05, 4.69) is 15.3 Å². The van der Waals surface area contributed by atoms with Gasteiger partial charge in [-0.05, 0) is 43.4 Å². The summed E-state index contributed by atoms with van der Waals surface area (Å²) in [6.07, 6.45) is 4.71. The highest BCUT2D eigenvalue weighted by molar-refractivity contribution is 5.92. The van der Waals surface area contributed by atoms with Crippen molar-refractivity contribution in [3.8, 4) is 0 Å². The number of nitrogen functional groups attached to an aromatic ring is 1. The molecule has 116 valence electrons. The molecule has 1 aliphatic heterocycles. The zero-order valence-electron chi connectivity index (χ0n) is 12.6. The number of rotatable bonds is 3. The molecule has 1 unspecified atom stereocenters. The molecule has 0 radical (unpaired) electrons. The lowest BCUT2D eigenvalue weighted by Gasteiger charge is -2.32. The van der Waals surface area contributed by atoms with E-state index < -0.39 is 0 Å². The quantitative estimate of drug-likeness (QED) is 0.909. The first kappa shape index (κ1) is 14.5. The number of aromatic nitrogens is 4. The molecule has 0 saturated carbocycles. The van der Waals surface area contributed by atoms with E-state index in [0.717, 1.165) is 38.0 Å². The summed E-state index contributed by atoms with van der Waals surface area (Å²) in [5.74, 6) is 0.840. The zero-order valence-corrected chi connectivity index (χ0v) is 12.6. The Bertz CT molecular complexity index is 650. The van der Waals surface area contributed by atoms with E-state index in [4.69, 9.17) is 5.73 Å². The average Bonchev–Trinajstić information content (AvgIpc) is 2.96. The molecule has 1 aliphatic rings. The number of aryl methyl sites for hydroxylation is 1. The van der Waals surface area contributed by atoms with Gasteiger partial charge in [-0.15, -0.1) is 5.10 Å². The normalized spacial score (nSPS) is 18.4. The summed E-state index contributed by atoms with van der Waals surface area (Å²) in [6, 6.07) is 5.43. The van der Waals surface area contributed by atoms with Gasteiger partial charge in [0.05, 0.1) is 5.69 Å². The minimum Gasteiger partial charge on any atom is -0.382 e. The lowest BCUT2D eigenvalue weighted by Crippen LogP contribution is -2.40. The largest absolute Gasteiger partial charge is 0.382 e. The van der Waals surface area contributed by atoms with Crippen molar-refractivity contribution in [2.75, 3.05) is 18.8 Å². The van der Waals surface area contributed by atoms with Gasteiger partial charge in [-0.1, -0.05) is 0 Å². The average molecular weight is 300 g/mol. The molecule has 2 aromatic heterocycles. The van der Waals surface area contributed by atoms with Gasteiger partial charge in [0.15, 0.2) is 0 Å². The van der Waals surface area contributed by atoms with Crippen LogP contribution in [0.25, 0.3) is 0 Å². The van der Waals surface area contributed by atoms with Crippen LogP contribution in [-0.2, 0) is 13.5 Å². The number of hydrogen-bond acceptors (Lipinski definition) is 5. The number of hydrogen-bond donors (Lipinski definition) is 1. The Balaban J connectivity index is 1.63. The minimum absolute atomic E-state index is 0.00805. The number of amides is 1. The van der Waals surface area contributed by atoms with Crippen LogP contribution in [0.15, 0.2) is 24.4 Å². The predicted molar refractivity (Wildman–Crippen MR) is 82.0 cm³/mol. The van der Waals surface area contributed by atoms with Gasteiger partial charge >= 0.3 is 0 Å². The van der Waals surface area contributed by atoms with E-state index in [9.17, 15) is 4.79 Å². The Morgan fingerprint density at radius 3 is 2.91 bits per heavy atom. The van der Waals surface area contributed by atoms with E-state index in [-0.39, 0.29) is 5.91 Å². The van der Waals surface area contributed by atoms with Crippen LogP contribution < -0.4 is 5.73 Å². The van der Waals surface area contributed by atoms with Crippen LogP contribution in [0.4, 0.5) is 5.82 Å². The van der Waals surface area contributed by atoms with Crippen LogP contribution in [0, 0.1) is 5.92 Å². The highest BCUT2D eigenvalue weighted by atomic mass is 16.2. The second-order valence-corrected chi connectivity index (χ2v) is 5.79. The highest BCUT2D eigenvalue weighted by Crippen LogP contribution is 2.21. The number of carbonyl (C=O) groups is 1. The molecular formula is C15H20N6O. The summed E-state index contributed by atoms with van der Waals surface area (Å²) in [7, 11) is 1.82. The van der Waals surface area contributed by atoms with Gasteiger partial charge in [0.2, 0.25) is 0 Å². The van der Waals surface area contributed by atoms with Gasteiger partial charge in [-0.3, -0.25) is 9.48 Å². The van der Waals surface area contributed by atoms with E-state index in [1.807, 2.05) is 18.0 Å². The molecule has 2 aromatic rings. The molecule has 1 amide bonds. The van der Waals surface area contributed by atoms with Gasteiger partial charge in [-0.25, -0.2) is 0 Å². The van der Waals surface area contributed by atoms with Crippen molar-refractivity contribution >= 4 is 11.7 Å². The van der Waals surface area contributed by atoms with E-state index in [1.165, 1.54) is 0 Å². The predicted octanol–water partition coefficient (Wildman–Crippen LogP) is 0.887. The molecule has 22 heavy (non-hydrogen) atoms. The fourth-order valence-corrected chi connectivity index (χ4v) is 2.88. The standard InChI is InChI=1S/C15H20N6O/c1-20-8-6-13(19-20)15(22)21-7-2-3-11(10-21)9-12-4-5-14(16)18-17-12/h4-6,8,11H,2-3,7,9-10H2,1H3,(H2,16,18). The molecule has 7 nitrogen and oxygen atoms in total. The Morgan fingerprint density at radius 2 is 2.23 bits per heavy atom. The number of nitrogens with two attached hydrogens (primary N) is 1. The first-order valence-corrected chi connectivity index (χ1v) is 7.49. The zero-order chi connectivity index (χ0) is 15.5. The fourth-order valence-electron chi connectivity index (χ4n) is 2.88. The molecule has 2 N–H and O–H groups in total. The smallest absolute Gasteiger partial charge is 0.274 e. The SMILES string of the molecule is Cn1ccc(C(=O)N2CCCC(Cc3ccc(N)nn3)C2)n1. The second kappa shape index (κ2) is 6.13. The second-order valence-electron chi connectivity index (χ2n) is 5.79. The summed E-state index contributed by atoms with van der Waals surface area (Å²) < 4.78 is 1.65. The van der Waals surface area contributed by atoms with Gasteiger partial charge in [-0.2, -0.15) is 10.2 Å². The Morgan fingerprint density at radius 1 is 1.36 bits per heavy atom. The minimum atomic E-state index is 0.00805. The third kappa shape index (κ3) is 3.24. The van der Waals surface area contributed by atoms with E-state index in [1.54, 1.807) is 23.0 Å². The van der Waals surface area contributed by atoms with Crippen molar-refractivity contribution in [2.45, 2.75) is 19.3 Å². The molecule has 3 rings (SSSR count). The molecule has 0 bridgehead atoms. The maximum Gasteiger partial charge on any atom is 0.274 e. The van der Waals surface area contributed by atoms with Gasteiger partial charge in [0.25, 0.3) is 5.91 Å². The summed E-state index contributed by atoms with van der Waals surface area (Å²) in [4.78, 5) is 14.4. The molecule has 0 aromatic carbocycles.